The van der Waals surface area contributed by atoms with Gasteiger partial charge in [0.1, 0.15) is 11.2 Å². The molecule has 0 radical (unpaired) electrons. The molecule has 1 aliphatic carbocycles. The maximum atomic E-state index is 13.7. The minimum Gasteiger partial charge on any atom is -0.424 e. The molecule has 0 bridgehead atoms. The first-order valence-electron chi connectivity index (χ1n) is 11.6. The number of likely N-dealkylation sites (tertiary alicyclic amines) is 1. The average Bonchev–Trinajstić information content (AvgIpc) is 3.16. The number of hydrogen-bond donors (Lipinski definition) is 1. The maximum Gasteiger partial charge on any atom is 0.295 e. The summed E-state index contributed by atoms with van der Waals surface area (Å²) in [6, 6.07) is 16.8. The van der Waals surface area contributed by atoms with Crippen LogP contribution in [0, 0.1) is 18.8 Å². The number of aryl methyl sites for hydroxylation is 2. The van der Waals surface area contributed by atoms with Crippen molar-refractivity contribution >= 4 is 34.4 Å². The van der Waals surface area contributed by atoms with Crippen LogP contribution in [0.15, 0.2) is 52.9 Å². The van der Waals surface area contributed by atoms with Crippen molar-refractivity contribution < 1.29 is 9.21 Å². The Morgan fingerprint density at radius 3 is 2.94 bits per heavy atom. The summed E-state index contributed by atoms with van der Waals surface area (Å²) in [6.45, 7) is 5.55. The normalized spacial score (nSPS) is 21.4. The van der Waals surface area contributed by atoms with E-state index in [1.807, 2.05) is 36.1 Å². The number of para-hydroxylation sites is 2. The second-order valence-electron chi connectivity index (χ2n) is 9.02. The van der Waals surface area contributed by atoms with E-state index in [-0.39, 0.29) is 11.9 Å². The quantitative estimate of drug-likeness (QED) is 0.419. The van der Waals surface area contributed by atoms with Gasteiger partial charge in [0.05, 0.1) is 15.9 Å². The summed E-state index contributed by atoms with van der Waals surface area (Å²) in [4.78, 5) is 25.9. The molecular weight excluding hydrogens is 432 g/mol. The first-order chi connectivity index (χ1) is 16.1. The molecule has 6 nitrogen and oxygen atoms in total. The predicted molar refractivity (Wildman–Crippen MR) is 131 cm³/mol. The molecule has 1 N–H and O–H groups in total. The van der Waals surface area contributed by atoms with E-state index in [4.69, 9.17) is 4.42 Å². The van der Waals surface area contributed by atoms with Gasteiger partial charge in [0.25, 0.3) is 11.9 Å². The first-order valence-corrected chi connectivity index (χ1v) is 12.4. The van der Waals surface area contributed by atoms with E-state index in [0.29, 0.717) is 30.1 Å². The van der Waals surface area contributed by atoms with E-state index in [1.54, 1.807) is 11.3 Å². The molecule has 0 unspecified atom stereocenters. The lowest BCUT2D eigenvalue weighted by Gasteiger charge is -2.27. The number of nitrogens with zero attached hydrogens (tertiary/aromatic N) is 3. The van der Waals surface area contributed by atoms with E-state index in [1.165, 1.54) is 12.0 Å². The molecule has 1 amide bonds. The Morgan fingerprint density at radius 2 is 2.09 bits per heavy atom. The number of fused-ring (bicyclic) bond motifs is 2. The summed E-state index contributed by atoms with van der Waals surface area (Å²) in [7, 11) is 0. The SMILES string of the molecule is CCc1cccc(-c2sc(C)nc2C(=O)N2C[C@H]3C[C@H]3[C@H]2CNc2nc3ccccc3o2)c1. The molecule has 6 rings (SSSR count). The number of benzene rings is 2. The van der Waals surface area contributed by atoms with Gasteiger partial charge in [-0.05, 0) is 54.9 Å². The molecule has 4 aromatic rings. The smallest absolute Gasteiger partial charge is 0.295 e. The number of nitrogens with one attached hydrogen (secondary N) is 1. The molecule has 1 aliphatic heterocycles. The topological polar surface area (TPSA) is 71.3 Å². The molecule has 0 spiro atoms. The second kappa shape index (κ2) is 7.99. The molecule has 2 fully saturated rings. The Balaban J connectivity index is 1.25. The van der Waals surface area contributed by atoms with Crippen molar-refractivity contribution in [3.63, 3.8) is 0 Å². The van der Waals surface area contributed by atoms with E-state index >= 15 is 0 Å². The fourth-order valence-corrected chi connectivity index (χ4v) is 5.95. The third kappa shape index (κ3) is 3.70. The highest BCUT2D eigenvalue weighted by Gasteiger charge is 2.54. The zero-order valence-electron chi connectivity index (χ0n) is 18.7. The van der Waals surface area contributed by atoms with E-state index in [2.05, 4.69) is 46.5 Å². The number of thiazole rings is 1. The van der Waals surface area contributed by atoms with Gasteiger partial charge in [-0.1, -0.05) is 43.3 Å². The largest absolute Gasteiger partial charge is 0.424 e. The molecule has 3 heterocycles. The van der Waals surface area contributed by atoms with Crippen LogP contribution >= 0.6 is 11.3 Å². The summed E-state index contributed by atoms with van der Waals surface area (Å²) in [5, 5.41) is 4.26. The van der Waals surface area contributed by atoms with E-state index in [0.717, 1.165) is 39.5 Å². The third-order valence-corrected chi connectivity index (χ3v) is 7.87. The van der Waals surface area contributed by atoms with Crippen LogP contribution in [0.2, 0.25) is 0 Å². The van der Waals surface area contributed by atoms with Crippen molar-refractivity contribution in [1.29, 1.82) is 0 Å². The lowest BCUT2D eigenvalue weighted by Crippen LogP contribution is -2.42. The lowest BCUT2D eigenvalue weighted by molar-refractivity contribution is 0.0710. The van der Waals surface area contributed by atoms with Gasteiger partial charge < -0.3 is 14.6 Å². The standard InChI is InChI=1S/C26H26N4O2S/c1-3-16-7-6-8-17(11-16)24-23(28-15(2)33-24)25(31)30-14-18-12-19(18)21(30)13-27-26-29-20-9-4-5-10-22(20)32-26/h4-11,18-19,21H,3,12-14H2,1-2H3,(H,27,29)/t18-,19-,21-/m1/s1. The fourth-order valence-electron chi connectivity index (χ4n) is 5.04. The third-order valence-electron chi connectivity index (χ3n) is 6.85. The molecule has 7 heteroatoms. The van der Waals surface area contributed by atoms with Crippen molar-refractivity contribution in [2.24, 2.45) is 11.8 Å². The van der Waals surface area contributed by atoms with Crippen molar-refractivity contribution in [2.75, 3.05) is 18.4 Å². The molecule has 33 heavy (non-hydrogen) atoms. The van der Waals surface area contributed by atoms with Crippen molar-refractivity contribution in [2.45, 2.75) is 32.7 Å². The number of piperidine rings is 1. The lowest BCUT2D eigenvalue weighted by atomic mass is 10.1. The number of aromatic nitrogens is 2. The van der Waals surface area contributed by atoms with Crippen LogP contribution in [0.4, 0.5) is 6.01 Å². The van der Waals surface area contributed by atoms with Crippen LogP contribution in [0.5, 0.6) is 0 Å². The number of anilines is 1. The van der Waals surface area contributed by atoms with Gasteiger partial charge in [-0.3, -0.25) is 4.79 Å². The summed E-state index contributed by atoms with van der Waals surface area (Å²) in [5.74, 6) is 1.17. The molecule has 2 aliphatic rings. The number of rotatable bonds is 6. The Hall–Kier alpha value is -3.19. The monoisotopic (exact) mass is 458 g/mol. The summed E-state index contributed by atoms with van der Waals surface area (Å²) >= 11 is 1.60. The summed E-state index contributed by atoms with van der Waals surface area (Å²) < 4.78 is 5.82. The first kappa shape index (κ1) is 20.4. The van der Waals surface area contributed by atoms with E-state index in [9.17, 15) is 4.79 Å². The van der Waals surface area contributed by atoms with Gasteiger partial charge in [0.15, 0.2) is 5.58 Å². The number of oxazole rings is 1. The molecule has 1 saturated carbocycles. The molecule has 1 saturated heterocycles. The maximum absolute atomic E-state index is 13.7. The fraction of sp³-hybridized carbons (Fsp3) is 0.346. The van der Waals surface area contributed by atoms with E-state index < -0.39 is 0 Å². The Morgan fingerprint density at radius 1 is 1.21 bits per heavy atom. The van der Waals surface area contributed by atoms with Gasteiger partial charge in [0.2, 0.25) is 0 Å². The van der Waals surface area contributed by atoms with Crippen LogP contribution < -0.4 is 5.32 Å². The molecule has 2 aromatic heterocycles. The Kier molecular flexibility index (Phi) is 4.94. The summed E-state index contributed by atoms with van der Waals surface area (Å²) in [6.07, 6.45) is 2.15. The highest BCUT2D eigenvalue weighted by molar-refractivity contribution is 7.15. The van der Waals surface area contributed by atoms with Gasteiger partial charge in [-0.2, -0.15) is 4.98 Å². The van der Waals surface area contributed by atoms with Gasteiger partial charge >= 0.3 is 0 Å². The van der Waals surface area contributed by atoms with Crippen LogP contribution in [0.3, 0.4) is 0 Å². The highest BCUT2D eigenvalue weighted by Crippen LogP contribution is 2.50. The highest BCUT2D eigenvalue weighted by atomic mass is 32.1. The Bertz CT molecular complexity index is 1310. The number of carbonyl (C=O) groups excluding carboxylic acids is 1. The predicted octanol–water partition coefficient (Wildman–Crippen LogP) is 5.39. The average molecular weight is 459 g/mol. The Labute approximate surface area is 196 Å². The number of carbonyl (C=O) groups is 1. The molecule has 168 valence electrons. The molecule has 2 aromatic carbocycles. The number of amides is 1. The minimum absolute atomic E-state index is 0.0350. The van der Waals surface area contributed by atoms with Crippen molar-refractivity contribution in [1.82, 2.24) is 14.9 Å². The van der Waals surface area contributed by atoms with Crippen LogP contribution in [-0.4, -0.2) is 39.9 Å². The zero-order valence-corrected chi connectivity index (χ0v) is 19.6. The number of hydrogen-bond acceptors (Lipinski definition) is 6. The molecular formula is C26H26N4O2S. The molecule has 3 atom stereocenters. The van der Waals surface area contributed by atoms with Crippen molar-refractivity contribution in [3.8, 4) is 10.4 Å². The minimum atomic E-state index is 0.0350. The summed E-state index contributed by atoms with van der Waals surface area (Å²) in [5.41, 5.74) is 4.52. The van der Waals surface area contributed by atoms with Crippen LogP contribution in [0.25, 0.3) is 21.5 Å². The zero-order chi connectivity index (χ0) is 22.5. The van der Waals surface area contributed by atoms with Crippen LogP contribution in [-0.2, 0) is 6.42 Å². The second-order valence-corrected chi connectivity index (χ2v) is 10.2. The van der Waals surface area contributed by atoms with Gasteiger partial charge in [-0.15, -0.1) is 11.3 Å². The van der Waals surface area contributed by atoms with Gasteiger partial charge in [-0.25, -0.2) is 4.98 Å². The van der Waals surface area contributed by atoms with Crippen LogP contribution in [0.1, 0.15) is 34.4 Å². The van der Waals surface area contributed by atoms with Crippen molar-refractivity contribution in [3.05, 3.63) is 64.8 Å². The van der Waals surface area contributed by atoms with Gasteiger partial charge in [0, 0.05) is 13.1 Å².